The van der Waals surface area contributed by atoms with Crippen molar-refractivity contribution in [3.8, 4) is 0 Å². The van der Waals surface area contributed by atoms with Gasteiger partial charge in [0.1, 0.15) is 0 Å². The molecule has 3 heteroatoms. The third kappa shape index (κ3) is 2.52. The van der Waals surface area contributed by atoms with E-state index in [-0.39, 0.29) is 6.10 Å². The summed E-state index contributed by atoms with van der Waals surface area (Å²) in [5.74, 6) is 0. The molecule has 0 spiro atoms. The number of aliphatic hydroxyl groups is 1. The van der Waals surface area contributed by atoms with Gasteiger partial charge in [-0.05, 0) is 32.2 Å². The smallest absolute Gasteiger partial charge is 0.0695 e. The number of aliphatic hydroxyl groups excluding tert-OH is 1. The summed E-state index contributed by atoms with van der Waals surface area (Å²) in [6, 6.07) is 0.922. The third-order valence-electron chi connectivity index (χ3n) is 4.06. The molecule has 15 heavy (non-hydrogen) atoms. The molecule has 3 unspecified atom stereocenters. The topological polar surface area (TPSA) is 49.5 Å². The van der Waals surface area contributed by atoms with Crippen LogP contribution in [-0.2, 0) is 0 Å². The fourth-order valence-electron chi connectivity index (χ4n) is 3.20. The SMILES string of the molecule is NCC1CCCN1C1CCCCCC1O. The van der Waals surface area contributed by atoms with Crippen LogP contribution in [0.4, 0.5) is 0 Å². The van der Waals surface area contributed by atoms with E-state index in [9.17, 15) is 5.11 Å². The van der Waals surface area contributed by atoms with Gasteiger partial charge in [-0.25, -0.2) is 0 Å². The molecule has 1 saturated carbocycles. The van der Waals surface area contributed by atoms with Crippen LogP contribution in [0, 0.1) is 0 Å². The summed E-state index contributed by atoms with van der Waals surface area (Å²) < 4.78 is 0. The summed E-state index contributed by atoms with van der Waals surface area (Å²) in [6.45, 7) is 1.90. The van der Waals surface area contributed by atoms with Crippen LogP contribution in [0.2, 0.25) is 0 Å². The molecule has 88 valence electrons. The summed E-state index contributed by atoms with van der Waals surface area (Å²) in [4.78, 5) is 2.48. The van der Waals surface area contributed by atoms with Crippen molar-refractivity contribution in [2.45, 2.75) is 63.1 Å². The second kappa shape index (κ2) is 5.28. The van der Waals surface area contributed by atoms with Crippen LogP contribution in [0.25, 0.3) is 0 Å². The van der Waals surface area contributed by atoms with Crippen molar-refractivity contribution >= 4 is 0 Å². The lowest BCUT2D eigenvalue weighted by molar-refractivity contribution is 0.0387. The van der Waals surface area contributed by atoms with Crippen LogP contribution in [0.1, 0.15) is 44.9 Å². The highest BCUT2D eigenvalue weighted by Gasteiger charge is 2.34. The Labute approximate surface area is 92.6 Å². The maximum Gasteiger partial charge on any atom is 0.0695 e. The van der Waals surface area contributed by atoms with E-state index in [4.69, 9.17) is 5.73 Å². The molecule has 2 fully saturated rings. The number of nitrogens with two attached hydrogens (primary N) is 1. The van der Waals surface area contributed by atoms with E-state index in [1.54, 1.807) is 0 Å². The zero-order valence-corrected chi connectivity index (χ0v) is 9.57. The van der Waals surface area contributed by atoms with Crippen molar-refractivity contribution in [3.05, 3.63) is 0 Å². The van der Waals surface area contributed by atoms with E-state index < -0.39 is 0 Å². The van der Waals surface area contributed by atoms with E-state index in [0.717, 1.165) is 25.9 Å². The fourth-order valence-corrected chi connectivity index (χ4v) is 3.20. The molecule has 1 aliphatic carbocycles. The first-order valence-electron chi connectivity index (χ1n) is 6.47. The number of likely N-dealkylation sites (tertiary alicyclic amines) is 1. The van der Waals surface area contributed by atoms with Crippen LogP contribution in [0.3, 0.4) is 0 Å². The molecule has 0 aromatic rings. The number of hydrogen-bond acceptors (Lipinski definition) is 3. The zero-order valence-electron chi connectivity index (χ0n) is 9.57. The Bertz CT molecular complexity index is 198. The van der Waals surface area contributed by atoms with Gasteiger partial charge in [0.2, 0.25) is 0 Å². The highest BCUT2D eigenvalue weighted by Crippen LogP contribution is 2.28. The monoisotopic (exact) mass is 212 g/mol. The molecule has 0 amide bonds. The third-order valence-corrected chi connectivity index (χ3v) is 4.06. The Kier molecular flexibility index (Phi) is 4.00. The molecule has 0 aromatic heterocycles. The minimum atomic E-state index is -0.111. The van der Waals surface area contributed by atoms with Gasteiger partial charge in [-0.15, -0.1) is 0 Å². The molecular formula is C12H24N2O. The highest BCUT2D eigenvalue weighted by molar-refractivity contribution is 4.89. The Morgan fingerprint density at radius 3 is 2.67 bits per heavy atom. The Hall–Kier alpha value is -0.120. The highest BCUT2D eigenvalue weighted by atomic mass is 16.3. The first-order chi connectivity index (χ1) is 7.33. The molecule has 0 radical (unpaired) electrons. The van der Waals surface area contributed by atoms with E-state index in [1.807, 2.05) is 0 Å². The van der Waals surface area contributed by atoms with Crippen LogP contribution < -0.4 is 5.73 Å². The second-order valence-corrected chi connectivity index (χ2v) is 5.04. The first kappa shape index (κ1) is 11.4. The first-order valence-corrected chi connectivity index (χ1v) is 6.47. The van der Waals surface area contributed by atoms with Crippen LogP contribution in [0.15, 0.2) is 0 Å². The largest absolute Gasteiger partial charge is 0.391 e. The van der Waals surface area contributed by atoms with Gasteiger partial charge in [-0.1, -0.05) is 19.3 Å². The quantitative estimate of drug-likeness (QED) is 0.674. The van der Waals surface area contributed by atoms with E-state index >= 15 is 0 Å². The van der Waals surface area contributed by atoms with Gasteiger partial charge in [-0.2, -0.15) is 0 Å². The average molecular weight is 212 g/mol. The standard InChI is InChI=1S/C12H24N2O/c13-9-10-5-4-8-14(10)11-6-2-1-3-7-12(11)15/h10-12,15H,1-9,13H2. The summed E-state index contributed by atoms with van der Waals surface area (Å²) in [5, 5.41) is 10.1. The lowest BCUT2D eigenvalue weighted by Gasteiger charge is -2.34. The van der Waals surface area contributed by atoms with Gasteiger partial charge in [-0.3, -0.25) is 4.90 Å². The molecule has 3 nitrogen and oxygen atoms in total. The van der Waals surface area contributed by atoms with Crippen LogP contribution in [-0.4, -0.2) is 41.3 Å². The van der Waals surface area contributed by atoms with Gasteiger partial charge in [0.25, 0.3) is 0 Å². The predicted molar refractivity (Wildman–Crippen MR) is 61.7 cm³/mol. The summed E-state index contributed by atoms with van der Waals surface area (Å²) in [5.41, 5.74) is 5.79. The zero-order chi connectivity index (χ0) is 10.7. The molecule has 1 aliphatic heterocycles. The Morgan fingerprint density at radius 1 is 1.07 bits per heavy atom. The van der Waals surface area contributed by atoms with E-state index in [1.165, 1.54) is 32.1 Å². The van der Waals surface area contributed by atoms with Gasteiger partial charge >= 0.3 is 0 Å². The summed E-state index contributed by atoms with van der Waals surface area (Å²) >= 11 is 0. The molecule has 3 atom stereocenters. The van der Waals surface area contributed by atoms with Gasteiger partial charge < -0.3 is 10.8 Å². The predicted octanol–water partition coefficient (Wildman–Crippen LogP) is 1.10. The minimum Gasteiger partial charge on any atom is -0.391 e. The molecule has 3 N–H and O–H groups in total. The van der Waals surface area contributed by atoms with Crippen LogP contribution >= 0.6 is 0 Å². The summed E-state index contributed by atoms with van der Waals surface area (Å²) in [7, 11) is 0. The number of rotatable bonds is 2. The Balaban J connectivity index is 1.99. The van der Waals surface area contributed by atoms with E-state index in [2.05, 4.69) is 4.90 Å². The maximum absolute atomic E-state index is 10.1. The second-order valence-electron chi connectivity index (χ2n) is 5.04. The minimum absolute atomic E-state index is 0.111. The fraction of sp³-hybridized carbons (Fsp3) is 1.00. The summed E-state index contributed by atoms with van der Waals surface area (Å²) in [6.07, 6.45) is 8.27. The van der Waals surface area contributed by atoms with Crippen molar-refractivity contribution < 1.29 is 5.11 Å². The molecule has 2 rings (SSSR count). The van der Waals surface area contributed by atoms with Gasteiger partial charge in [0.05, 0.1) is 6.10 Å². The molecule has 0 bridgehead atoms. The van der Waals surface area contributed by atoms with E-state index in [0.29, 0.717) is 12.1 Å². The normalized spacial score (nSPS) is 39.2. The molecule has 1 heterocycles. The lowest BCUT2D eigenvalue weighted by Crippen LogP contribution is -2.48. The maximum atomic E-state index is 10.1. The van der Waals surface area contributed by atoms with Crippen molar-refractivity contribution in [3.63, 3.8) is 0 Å². The Morgan fingerprint density at radius 2 is 1.87 bits per heavy atom. The lowest BCUT2D eigenvalue weighted by atomic mass is 10.0. The molecule has 2 aliphatic rings. The number of nitrogens with zero attached hydrogens (tertiary/aromatic N) is 1. The average Bonchev–Trinajstić information content (AvgIpc) is 2.61. The van der Waals surface area contributed by atoms with Gasteiger partial charge in [0.15, 0.2) is 0 Å². The molecule has 1 saturated heterocycles. The van der Waals surface area contributed by atoms with Crippen molar-refractivity contribution in [2.24, 2.45) is 5.73 Å². The number of hydrogen-bond donors (Lipinski definition) is 2. The van der Waals surface area contributed by atoms with Crippen LogP contribution in [0.5, 0.6) is 0 Å². The van der Waals surface area contributed by atoms with Crippen molar-refractivity contribution in [1.82, 2.24) is 4.90 Å². The van der Waals surface area contributed by atoms with Crippen molar-refractivity contribution in [2.75, 3.05) is 13.1 Å². The van der Waals surface area contributed by atoms with Crippen molar-refractivity contribution in [1.29, 1.82) is 0 Å². The molecule has 0 aromatic carbocycles. The van der Waals surface area contributed by atoms with Gasteiger partial charge in [0, 0.05) is 18.6 Å². The molecular weight excluding hydrogens is 188 g/mol.